The first-order valence-electron chi connectivity index (χ1n) is 10.2. The average Bonchev–Trinajstić information content (AvgIpc) is 3.34. The van der Waals surface area contributed by atoms with Crippen LogP contribution in [-0.4, -0.2) is 35.7 Å². The third kappa shape index (κ3) is 4.60. The minimum absolute atomic E-state index is 0.111. The van der Waals surface area contributed by atoms with E-state index in [0.29, 0.717) is 44.0 Å². The maximum Gasteiger partial charge on any atom is 0.185 e. The van der Waals surface area contributed by atoms with Gasteiger partial charge in [-0.3, -0.25) is 0 Å². The zero-order valence-corrected chi connectivity index (χ0v) is 19.8. The number of nitrogens with zero attached hydrogens (tertiary/aromatic N) is 4. The van der Waals surface area contributed by atoms with Gasteiger partial charge in [0.25, 0.3) is 0 Å². The summed E-state index contributed by atoms with van der Waals surface area (Å²) in [7, 11) is -2.16. The molecule has 7 nitrogen and oxygen atoms in total. The highest BCUT2D eigenvalue weighted by atomic mass is 32.2. The van der Waals surface area contributed by atoms with Crippen LogP contribution >= 0.6 is 11.3 Å². The summed E-state index contributed by atoms with van der Waals surface area (Å²) in [5, 5.41) is 8.50. The first kappa shape index (κ1) is 22.9. The van der Waals surface area contributed by atoms with Crippen LogP contribution in [0.5, 0.6) is 5.75 Å². The maximum atomic E-state index is 13.7. The van der Waals surface area contributed by atoms with Gasteiger partial charge in [-0.1, -0.05) is 6.07 Å². The average molecular weight is 511 g/mol. The molecule has 0 spiro atoms. The SMILES string of the molecule is COc1cc(-c2cc(F)cc(F)c2)ccc1-c1ncnc2cc(S(=O)(=O)Cc3nncs3)ccc12. The summed E-state index contributed by atoms with van der Waals surface area (Å²) in [6.07, 6.45) is 1.34. The fourth-order valence-corrected chi connectivity index (χ4v) is 5.90. The van der Waals surface area contributed by atoms with Crippen molar-refractivity contribution in [3.05, 3.63) is 83.1 Å². The van der Waals surface area contributed by atoms with Crippen molar-refractivity contribution in [3.63, 3.8) is 0 Å². The molecule has 0 atom stereocenters. The Morgan fingerprint density at radius 2 is 1.74 bits per heavy atom. The molecule has 5 rings (SSSR count). The van der Waals surface area contributed by atoms with Gasteiger partial charge in [-0.15, -0.1) is 21.5 Å². The second kappa shape index (κ2) is 9.08. The summed E-state index contributed by atoms with van der Waals surface area (Å²) in [5.41, 5.74) is 3.99. The van der Waals surface area contributed by atoms with E-state index in [1.807, 2.05) is 0 Å². The Kier molecular flexibility index (Phi) is 5.95. The summed E-state index contributed by atoms with van der Waals surface area (Å²) in [5.74, 6) is -1.18. The van der Waals surface area contributed by atoms with Crippen LogP contribution in [0.15, 0.2) is 71.3 Å². The van der Waals surface area contributed by atoms with Gasteiger partial charge in [0.1, 0.15) is 40.0 Å². The van der Waals surface area contributed by atoms with Gasteiger partial charge >= 0.3 is 0 Å². The van der Waals surface area contributed by atoms with Gasteiger partial charge in [-0.25, -0.2) is 27.2 Å². The molecule has 0 radical (unpaired) electrons. The van der Waals surface area contributed by atoms with E-state index in [9.17, 15) is 17.2 Å². The second-order valence-corrected chi connectivity index (χ2v) is 10.5. The molecule has 2 aromatic heterocycles. The Hall–Kier alpha value is -3.83. The van der Waals surface area contributed by atoms with Gasteiger partial charge in [-0.05, 0) is 53.6 Å². The molecule has 3 aromatic carbocycles. The van der Waals surface area contributed by atoms with E-state index in [2.05, 4.69) is 20.2 Å². The van der Waals surface area contributed by atoms with E-state index >= 15 is 0 Å². The molecule has 0 aliphatic heterocycles. The molecule has 176 valence electrons. The van der Waals surface area contributed by atoms with Crippen LogP contribution in [0.1, 0.15) is 5.01 Å². The zero-order chi connectivity index (χ0) is 24.6. The van der Waals surface area contributed by atoms with Crippen molar-refractivity contribution >= 4 is 32.1 Å². The molecule has 2 heterocycles. The van der Waals surface area contributed by atoms with Crippen LogP contribution in [0.4, 0.5) is 8.78 Å². The third-order valence-electron chi connectivity index (χ3n) is 5.34. The lowest BCUT2D eigenvalue weighted by atomic mass is 9.99. The number of sulfone groups is 1. The van der Waals surface area contributed by atoms with Crippen molar-refractivity contribution in [2.45, 2.75) is 10.6 Å². The van der Waals surface area contributed by atoms with E-state index < -0.39 is 21.5 Å². The summed E-state index contributed by atoms with van der Waals surface area (Å²) in [6.45, 7) is 0. The summed E-state index contributed by atoms with van der Waals surface area (Å²) in [4.78, 5) is 8.76. The van der Waals surface area contributed by atoms with Crippen molar-refractivity contribution < 1.29 is 21.9 Å². The normalized spacial score (nSPS) is 11.6. The van der Waals surface area contributed by atoms with Gasteiger partial charge < -0.3 is 4.74 Å². The maximum absolute atomic E-state index is 13.7. The Morgan fingerprint density at radius 3 is 2.46 bits per heavy atom. The summed E-state index contributed by atoms with van der Waals surface area (Å²) >= 11 is 1.17. The molecule has 0 saturated heterocycles. The zero-order valence-electron chi connectivity index (χ0n) is 18.1. The summed E-state index contributed by atoms with van der Waals surface area (Å²) in [6, 6.07) is 13.0. The topological polar surface area (TPSA) is 94.9 Å². The Bertz CT molecular complexity index is 1640. The quantitative estimate of drug-likeness (QED) is 0.315. The van der Waals surface area contributed by atoms with E-state index in [1.54, 1.807) is 24.3 Å². The number of hydrogen-bond acceptors (Lipinski definition) is 8. The van der Waals surface area contributed by atoms with Crippen LogP contribution in [-0.2, 0) is 15.6 Å². The largest absolute Gasteiger partial charge is 0.496 e. The molecule has 0 N–H and O–H groups in total. The minimum Gasteiger partial charge on any atom is -0.496 e. The number of ether oxygens (including phenoxy) is 1. The Labute approximate surface area is 203 Å². The fraction of sp³-hybridized carbons (Fsp3) is 0.0833. The lowest BCUT2D eigenvalue weighted by Gasteiger charge is -2.13. The van der Waals surface area contributed by atoms with E-state index in [1.165, 1.54) is 54.5 Å². The second-order valence-electron chi connectivity index (χ2n) is 7.57. The number of methoxy groups -OCH3 is 1. The van der Waals surface area contributed by atoms with Crippen molar-refractivity contribution in [1.29, 1.82) is 0 Å². The van der Waals surface area contributed by atoms with Crippen molar-refractivity contribution in [3.8, 4) is 28.1 Å². The highest BCUT2D eigenvalue weighted by Crippen LogP contribution is 2.37. The standard InChI is InChI=1S/C24H16F2N4O3S2/c1-33-22-8-14(15-6-16(25)9-17(26)7-15)2-4-20(22)24-19-5-3-18(10-21(19)27-12-28-24)35(31,32)11-23-30-29-13-34-23/h2-10,12-13H,11H2,1H3. The summed E-state index contributed by atoms with van der Waals surface area (Å²) < 4.78 is 58.6. The number of halogens is 2. The monoisotopic (exact) mass is 510 g/mol. The van der Waals surface area contributed by atoms with E-state index in [-0.39, 0.29) is 10.6 Å². The highest BCUT2D eigenvalue weighted by molar-refractivity contribution is 7.90. The van der Waals surface area contributed by atoms with Gasteiger partial charge in [0.15, 0.2) is 9.84 Å². The van der Waals surface area contributed by atoms with Crippen molar-refractivity contribution in [2.75, 3.05) is 7.11 Å². The first-order chi connectivity index (χ1) is 16.8. The van der Waals surface area contributed by atoms with Crippen LogP contribution < -0.4 is 4.74 Å². The fourth-order valence-electron chi connectivity index (χ4n) is 3.74. The molecule has 0 bridgehead atoms. The highest BCUT2D eigenvalue weighted by Gasteiger charge is 2.20. The molecule has 11 heteroatoms. The number of hydrogen-bond donors (Lipinski definition) is 0. The smallest absolute Gasteiger partial charge is 0.185 e. The van der Waals surface area contributed by atoms with Gasteiger partial charge in [-0.2, -0.15) is 0 Å². The van der Waals surface area contributed by atoms with Crippen LogP contribution in [0.3, 0.4) is 0 Å². The van der Waals surface area contributed by atoms with Gasteiger partial charge in [0.05, 0.1) is 23.2 Å². The lowest BCUT2D eigenvalue weighted by molar-refractivity contribution is 0.416. The Balaban J connectivity index is 1.57. The van der Waals surface area contributed by atoms with E-state index in [0.717, 1.165) is 6.07 Å². The Morgan fingerprint density at radius 1 is 0.943 bits per heavy atom. The van der Waals surface area contributed by atoms with Crippen LogP contribution in [0.2, 0.25) is 0 Å². The molecular formula is C24H16F2N4O3S2. The molecule has 0 saturated carbocycles. The number of aromatic nitrogens is 4. The minimum atomic E-state index is -3.65. The van der Waals surface area contributed by atoms with Crippen LogP contribution in [0.25, 0.3) is 33.3 Å². The molecule has 5 aromatic rings. The number of benzene rings is 3. The molecule has 0 amide bonds. The third-order valence-corrected chi connectivity index (χ3v) is 7.84. The molecular weight excluding hydrogens is 494 g/mol. The predicted molar refractivity (Wildman–Crippen MR) is 128 cm³/mol. The van der Waals surface area contributed by atoms with Crippen LogP contribution in [0, 0.1) is 11.6 Å². The molecule has 0 aliphatic rings. The van der Waals surface area contributed by atoms with Gasteiger partial charge in [0, 0.05) is 17.0 Å². The van der Waals surface area contributed by atoms with E-state index in [4.69, 9.17) is 4.74 Å². The molecule has 35 heavy (non-hydrogen) atoms. The molecule has 0 aliphatic carbocycles. The first-order valence-corrected chi connectivity index (χ1v) is 12.7. The van der Waals surface area contributed by atoms with Gasteiger partial charge in [0.2, 0.25) is 0 Å². The molecule has 0 fully saturated rings. The predicted octanol–water partition coefficient (Wildman–Crippen LogP) is 5.08. The van der Waals surface area contributed by atoms with Crippen molar-refractivity contribution in [2.24, 2.45) is 0 Å². The number of rotatable bonds is 6. The van der Waals surface area contributed by atoms with Crippen molar-refractivity contribution in [1.82, 2.24) is 20.2 Å². The molecule has 0 unspecified atom stereocenters. The lowest BCUT2D eigenvalue weighted by Crippen LogP contribution is -2.05. The number of fused-ring (bicyclic) bond motifs is 1.